The van der Waals surface area contributed by atoms with Gasteiger partial charge >= 0.3 is 0 Å². The first-order valence-electron chi connectivity index (χ1n) is 9.40. The molecule has 1 aliphatic rings. The van der Waals surface area contributed by atoms with Crippen LogP contribution < -0.4 is 20.7 Å². The number of carbonyl (C=O) groups excluding carboxylic acids is 1. The summed E-state index contributed by atoms with van der Waals surface area (Å²) in [6.07, 6.45) is 1.69. The largest absolute Gasteiger partial charge is 0.489 e. The number of anilines is 1. The lowest BCUT2D eigenvalue weighted by Gasteiger charge is -2.31. The summed E-state index contributed by atoms with van der Waals surface area (Å²) in [6, 6.07) is 13.1. The number of aryl methyl sites for hydroxylation is 2. The Kier molecular flexibility index (Phi) is 6.34. The molecule has 1 unspecified atom stereocenters. The number of nitrogens with one attached hydrogen (secondary N) is 3. The standard InChI is InChI=1S/C23H25N3O2S/c1-5-12-28-19-9-7-6-8-17(19)21-20(16(4)24-23(29)26-21)22(27)25-18-11-10-14(2)13-15(18)3/h5-11,13,21H,1,12H2,2-4H3,(H,25,27)(H2,24,26,29). The second kappa shape index (κ2) is 8.92. The van der Waals surface area contributed by atoms with Crippen molar-refractivity contribution in [1.82, 2.24) is 10.6 Å². The van der Waals surface area contributed by atoms with Crippen molar-refractivity contribution in [2.45, 2.75) is 26.8 Å². The first kappa shape index (κ1) is 20.6. The Labute approximate surface area is 176 Å². The third-order valence-electron chi connectivity index (χ3n) is 4.73. The minimum atomic E-state index is -0.435. The smallest absolute Gasteiger partial charge is 0.255 e. The summed E-state index contributed by atoms with van der Waals surface area (Å²) < 4.78 is 5.81. The zero-order valence-electron chi connectivity index (χ0n) is 16.8. The number of amides is 1. The fraction of sp³-hybridized carbons (Fsp3) is 0.217. The van der Waals surface area contributed by atoms with Gasteiger partial charge in [0.05, 0.1) is 11.6 Å². The number of para-hydroxylation sites is 1. The molecule has 0 aromatic heterocycles. The highest BCUT2D eigenvalue weighted by Crippen LogP contribution is 2.34. The SMILES string of the molecule is C=CCOc1ccccc1C1NC(=S)NC(C)=C1C(=O)Nc1ccc(C)cc1C. The number of thiocarbonyl (C=S) groups is 1. The summed E-state index contributed by atoms with van der Waals surface area (Å²) in [5.41, 5.74) is 5.05. The van der Waals surface area contributed by atoms with Crippen molar-refractivity contribution in [3.8, 4) is 5.75 Å². The van der Waals surface area contributed by atoms with E-state index in [1.165, 1.54) is 0 Å². The fourth-order valence-corrected chi connectivity index (χ4v) is 3.64. The van der Waals surface area contributed by atoms with E-state index in [1.54, 1.807) is 6.08 Å². The average Bonchev–Trinajstić information content (AvgIpc) is 2.68. The normalized spacial score (nSPS) is 16.0. The Morgan fingerprint density at radius 1 is 1.24 bits per heavy atom. The molecule has 0 saturated heterocycles. The minimum absolute atomic E-state index is 0.194. The van der Waals surface area contributed by atoms with Crippen molar-refractivity contribution in [2.24, 2.45) is 0 Å². The maximum Gasteiger partial charge on any atom is 0.255 e. The summed E-state index contributed by atoms with van der Waals surface area (Å²) in [6.45, 7) is 9.93. The zero-order chi connectivity index (χ0) is 21.0. The van der Waals surface area contributed by atoms with Crippen LogP contribution in [-0.2, 0) is 4.79 Å². The highest BCUT2D eigenvalue weighted by Gasteiger charge is 2.31. The van der Waals surface area contributed by atoms with Crippen LogP contribution in [0.1, 0.15) is 29.7 Å². The number of allylic oxidation sites excluding steroid dienone is 1. The zero-order valence-corrected chi connectivity index (χ0v) is 17.7. The molecule has 3 rings (SSSR count). The van der Waals surface area contributed by atoms with Crippen molar-refractivity contribution in [2.75, 3.05) is 11.9 Å². The minimum Gasteiger partial charge on any atom is -0.489 e. The van der Waals surface area contributed by atoms with E-state index in [0.717, 1.165) is 22.4 Å². The number of carbonyl (C=O) groups is 1. The van der Waals surface area contributed by atoms with Crippen molar-refractivity contribution in [3.63, 3.8) is 0 Å². The molecule has 1 heterocycles. The van der Waals surface area contributed by atoms with Gasteiger partial charge in [0, 0.05) is 16.9 Å². The van der Waals surface area contributed by atoms with E-state index in [9.17, 15) is 4.79 Å². The average molecular weight is 408 g/mol. The van der Waals surface area contributed by atoms with Gasteiger partial charge in [0.1, 0.15) is 12.4 Å². The topological polar surface area (TPSA) is 62.4 Å². The van der Waals surface area contributed by atoms with Crippen LogP contribution in [0.2, 0.25) is 0 Å². The number of hydrogen-bond acceptors (Lipinski definition) is 3. The fourth-order valence-electron chi connectivity index (χ4n) is 3.37. The van der Waals surface area contributed by atoms with Crippen molar-refractivity contribution >= 4 is 28.9 Å². The summed E-state index contributed by atoms with van der Waals surface area (Å²) in [5.74, 6) is 0.486. The van der Waals surface area contributed by atoms with Crippen molar-refractivity contribution in [3.05, 3.63) is 83.1 Å². The molecule has 1 atom stereocenters. The Balaban J connectivity index is 1.98. The van der Waals surface area contributed by atoms with Gasteiger partial charge in [-0.15, -0.1) is 0 Å². The highest BCUT2D eigenvalue weighted by molar-refractivity contribution is 7.80. The lowest BCUT2D eigenvalue weighted by atomic mass is 9.94. The predicted octanol–water partition coefficient (Wildman–Crippen LogP) is 4.30. The second-order valence-corrected chi connectivity index (χ2v) is 7.39. The van der Waals surface area contributed by atoms with Crippen molar-refractivity contribution < 1.29 is 9.53 Å². The van der Waals surface area contributed by atoms with Gasteiger partial charge in [0.15, 0.2) is 5.11 Å². The van der Waals surface area contributed by atoms with Crippen molar-refractivity contribution in [1.29, 1.82) is 0 Å². The maximum absolute atomic E-state index is 13.3. The van der Waals surface area contributed by atoms with Gasteiger partial charge in [-0.25, -0.2) is 0 Å². The molecule has 3 N–H and O–H groups in total. The summed E-state index contributed by atoms with van der Waals surface area (Å²) in [4.78, 5) is 13.3. The van der Waals surface area contributed by atoms with E-state index in [0.29, 0.717) is 28.7 Å². The number of benzene rings is 2. The van der Waals surface area contributed by atoms with Gasteiger partial charge < -0.3 is 20.7 Å². The molecule has 150 valence electrons. The summed E-state index contributed by atoms with van der Waals surface area (Å²) in [7, 11) is 0. The van der Waals surface area contributed by atoms with Gasteiger partial charge in [-0.05, 0) is 50.7 Å². The molecule has 6 heteroatoms. The van der Waals surface area contributed by atoms with Gasteiger partial charge in [-0.3, -0.25) is 4.79 Å². The van der Waals surface area contributed by atoms with Gasteiger partial charge in [0.25, 0.3) is 5.91 Å². The van der Waals surface area contributed by atoms with Gasteiger partial charge in [-0.1, -0.05) is 48.6 Å². The summed E-state index contributed by atoms with van der Waals surface area (Å²) in [5, 5.41) is 9.78. The second-order valence-electron chi connectivity index (χ2n) is 6.98. The molecular weight excluding hydrogens is 382 g/mol. The molecule has 5 nitrogen and oxygen atoms in total. The monoisotopic (exact) mass is 407 g/mol. The van der Waals surface area contributed by atoms with Crippen LogP contribution in [0.5, 0.6) is 5.75 Å². The lowest BCUT2D eigenvalue weighted by molar-refractivity contribution is -0.113. The molecule has 0 radical (unpaired) electrons. The Morgan fingerprint density at radius 3 is 2.72 bits per heavy atom. The van der Waals surface area contributed by atoms with E-state index in [2.05, 4.69) is 22.5 Å². The van der Waals surface area contributed by atoms with Gasteiger partial charge in [0.2, 0.25) is 0 Å². The number of ether oxygens (including phenoxy) is 1. The Bertz CT molecular complexity index is 997. The first-order valence-corrected chi connectivity index (χ1v) is 9.81. The van der Waals surface area contributed by atoms with Crippen LogP contribution in [0.4, 0.5) is 5.69 Å². The highest BCUT2D eigenvalue weighted by atomic mass is 32.1. The summed E-state index contributed by atoms with van der Waals surface area (Å²) >= 11 is 5.35. The molecule has 0 aliphatic carbocycles. The van der Waals surface area contributed by atoms with Crippen LogP contribution in [0.3, 0.4) is 0 Å². The van der Waals surface area contributed by atoms with Crippen LogP contribution in [0, 0.1) is 13.8 Å². The maximum atomic E-state index is 13.3. The molecule has 1 aliphatic heterocycles. The molecule has 29 heavy (non-hydrogen) atoms. The van der Waals surface area contributed by atoms with Gasteiger partial charge in [-0.2, -0.15) is 0 Å². The van der Waals surface area contributed by atoms with E-state index >= 15 is 0 Å². The number of hydrogen-bond donors (Lipinski definition) is 3. The van der Waals surface area contributed by atoms with Crippen LogP contribution >= 0.6 is 12.2 Å². The molecule has 0 fully saturated rings. The molecule has 0 spiro atoms. The molecule has 2 aromatic rings. The van der Waals surface area contributed by atoms with E-state index < -0.39 is 6.04 Å². The molecule has 0 saturated carbocycles. The van der Waals surface area contributed by atoms with E-state index in [1.807, 2.05) is 63.2 Å². The van der Waals surface area contributed by atoms with Crippen LogP contribution in [0.25, 0.3) is 0 Å². The quantitative estimate of drug-likeness (QED) is 0.492. The Hall–Kier alpha value is -3.12. The molecular formula is C23H25N3O2S. The molecule has 1 amide bonds. The first-order chi connectivity index (χ1) is 13.9. The number of rotatable bonds is 6. The Morgan fingerprint density at radius 2 is 2.00 bits per heavy atom. The third kappa shape index (κ3) is 4.66. The van der Waals surface area contributed by atoms with Crippen LogP contribution in [-0.4, -0.2) is 17.6 Å². The predicted molar refractivity (Wildman–Crippen MR) is 121 cm³/mol. The third-order valence-corrected chi connectivity index (χ3v) is 4.95. The van der Waals surface area contributed by atoms with E-state index in [4.69, 9.17) is 17.0 Å². The lowest BCUT2D eigenvalue weighted by Crippen LogP contribution is -2.45. The van der Waals surface area contributed by atoms with Crippen LogP contribution in [0.15, 0.2) is 66.4 Å². The molecule has 0 bridgehead atoms. The molecule has 2 aromatic carbocycles. The van der Waals surface area contributed by atoms with E-state index in [-0.39, 0.29) is 5.91 Å².